The molecule has 0 radical (unpaired) electrons. The third-order valence-electron chi connectivity index (χ3n) is 1.86. The lowest BCUT2D eigenvalue weighted by atomic mass is 10.1. The summed E-state index contributed by atoms with van der Waals surface area (Å²) < 4.78 is 38.6. The molecule has 1 N–H and O–H groups in total. The van der Waals surface area contributed by atoms with Gasteiger partial charge in [0.1, 0.15) is 5.82 Å². The van der Waals surface area contributed by atoms with Crippen molar-refractivity contribution in [3.63, 3.8) is 0 Å². The molecule has 0 aliphatic rings. The molecule has 2 rings (SSSR count). The molecular weight excluding hydrogens is 200 g/mol. The highest BCUT2D eigenvalue weighted by atomic mass is 16.1. The van der Waals surface area contributed by atoms with E-state index in [1.165, 1.54) is 19.2 Å². The molecule has 3 heteroatoms. The minimum absolute atomic E-state index is 0.0860. The average molecular weight is 217 g/mol. The molecule has 80 valence electrons. The fraction of sp³-hybridized carbons (Fsp3) is 0.0769. The number of hydrogen-bond acceptors (Lipinski definition) is 2. The van der Waals surface area contributed by atoms with E-state index in [0.29, 0.717) is 11.4 Å². The van der Waals surface area contributed by atoms with Gasteiger partial charge in [0.2, 0.25) is 5.91 Å². The number of carbonyl (C=O) groups excluding carboxylic acids is 1. The van der Waals surface area contributed by atoms with Gasteiger partial charge in [-0.2, -0.15) is 0 Å². The number of aromatic nitrogens is 1. The molecule has 1 amide bonds. The van der Waals surface area contributed by atoms with Crippen molar-refractivity contribution in [2.45, 2.75) is 6.92 Å². The van der Waals surface area contributed by atoms with Crippen LogP contribution in [0.4, 0.5) is 5.82 Å². The second-order valence-corrected chi connectivity index (χ2v) is 3.11. The van der Waals surface area contributed by atoms with Crippen molar-refractivity contribution >= 4 is 11.7 Å². The van der Waals surface area contributed by atoms with E-state index >= 15 is 0 Å². The zero-order valence-corrected chi connectivity index (χ0v) is 8.59. The van der Waals surface area contributed by atoms with Gasteiger partial charge in [-0.25, -0.2) is 4.98 Å². The van der Waals surface area contributed by atoms with Crippen LogP contribution in [0.25, 0.3) is 11.1 Å². The summed E-state index contributed by atoms with van der Waals surface area (Å²) in [5.41, 5.74) is 0.476. The van der Waals surface area contributed by atoms with Gasteiger partial charge >= 0.3 is 0 Å². The Hall–Kier alpha value is -2.16. The summed E-state index contributed by atoms with van der Waals surface area (Å²) in [6.45, 7) is 1.35. The molecule has 1 aromatic heterocycles. The van der Waals surface area contributed by atoms with Crippen molar-refractivity contribution in [1.29, 1.82) is 0 Å². The standard InChI is InChI=1S/C13H12N2O/c1-10(16)15-13-8-7-12(9-14-13)11-5-3-2-4-6-11/h2-9H,1H3,(H,14,15,16)/i2D,3D,4D,5D,6D. The van der Waals surface area contributed by atoms with Gasteiger partial charge in [-0.05, 0) is 17.7 Å². The Bertz CT molecular complexity index is 686. The number of nitrogens with zero attached hydrogens (tertiary/aromatic N) is 1. The minimum atomic E-state index is -0.434. The zero-order valence-electron chi connectivity index (χ0n) is 13.6. The monoisotopic (exact) mass is 217 g/mol. The Labute approximate surface area is 101 Å². The second-order valence-electron chi connectivity index (χ2n) is 3.11. The van der Waals surface area contributed by atoms with Crippen molar-refractivity contribution in [3.05, 3.63) is 48.5 Å². The lowest BCUT2D eigenvalue weighted by Crippen LogP contribution is -2.06. The van der Waals surface area contributed by atoms with Gasteiger partial charge in [0.25, 0.3) is 0 Å². The maximum atomic E-state index is 10.9. The summed E-state index contributed by atoms with van der Waals surface area (Å²) in [4.78, 5) is 14.9. The molecular formula is C13H12N2O. The molecule has 0 fully saturated rings. The SMILES string of the molecule is [2H]c1c([2H])c([2H])c(-c2ccc(NC(C)=O)nc2)c([2H])c1[2H]. The van der Waals surface area contributed by atoms with Crippen LogP contribution in [-0.2, 0) is 4.79 Å². The summed E-state index contributed by atoms with van der Waals surface area (Å²) in [6.07, 6.45) is 1.36. The molecule has 0 saturated heterocycles. The first-order chi connectivity index (χ1) is 9.82. The smallest absolute Gasteiger partial charge is 0.222 e. The van der Waals surface area contributed by atoms with Crippen LogP contribution in [0.3, 0.4) is 0 Å². The maximum absolute atomic E-state index is 10.9. The Morgan fingerprint density at radius 1 is 1.25 bits per heavy atom. The molecule has 2 aromatic rings. The molecule has 0 spiro atoms. The predicted molar refractivity (Wildman–Crippen MR) is 64.0 cm³/mol. The van der Waals surface area contributed by atoms with E-state index in [4.69, 9.17) is 6.85 Å². The highest BCUT2D eigenvalue weighted by molar-refractivity contribution is 5.87. The first-order valence-corrected chi connectivity index (χ1v) is 4.64. The van der Waals surface area contributed by atoms with E-state index in [2.05, 4.69) is 10.3 Å². The zero-order chi connectivity index (χ0) is 15.7. The topological polar surface area (TPSA) is 42.0 Å². The highest BCUT2D eigenvalue weighted by Gasteiger charge is 1.99. The minimum Gasteiger partial charge on any atom is -0.311 e. The van der Waals surface area contributed by atoms with E-state index in [9.17, 15) is 4.79 Å². The Kier molecular flexibility index (Phi) is 1.66. The van der Waals surface area contributed by atoms with E-state index < -0.39 is 18.1 Å². The molecule has 0 saturated carbocycles. The molecule has 0 aliphatic heterocycles. The number of hydrogen-bond donors (Lipinski definition) is 1. The van der Waals surface area contributed by atoms with Gasteiger partial charge in [-0.3, -0.25) is 4.79 Å². The second kappa shape index (κ2) is 4.57. The highest BCUT2D eigenvalue weighted by Crippen LogP contribution is 2.18. The van der Waals surface area contributed by atoms with Crippen molar-refractivity contribution in [2.75, 3.05) is 5.32 Å². The Morgan fingerprint density at radius 3 is 2.56 bits per heavy atom. The van der Waals surface area contributed by atoms with Crippen LogP contribution in [0.15, 0.2) is 48.5 Å². The number of rotatable bonds is 2. The quantitative estimate of drug-likeness (QED) is 0.840. The fourth-order valence-electron chi connectivity index (χ4n) is 1.19. The van der Waals surface area contributed by atoms with E-state index in [1.807, 2.05) is 0 Å². The van der Waals surface area contributed by atoms with Gasteiger partial charge < -0.3 is 5.32 Å². The van der Waals surface area contributed by atoms with Crippen LogP contribution in [-0.4, -0.2) is 10.9 Å². The molecule has 0 bridgehead atoms. The van der Waals surface area contributed by atoms with Gasteiger partial charge in [0, 0.05) is 18.7 Å². The summed E-state index contributed by atoms with van der Waals surface area (Å²) in [6, 6.07) is 1.28. The molecule has 16 heavy (non-hydrogen) atoms. The third kappa shape index (κ3) is 2.45. The van der Waals surface area contributed by atoms with Crippen molar-refractivity contribution in [1.82, 2.24) is 4.98 Å². The largest absolute Gasteiger partial charge is 0.311 e. The van der Waals surface area contributed by atoms with Crippen LogP contribution >= 0.6 is 0 Å². The van der Waals surface area contributed by atoms with Crippen LogP contribution in [0.5, 0.6) is 0 Å². The number of benzene rings is 1. The lowest BCUT2D eigenvalue weighted by molar-refractivity contribution is -0.114. The number of pyridine rings is 1. The van der Waals surface area contributed by atoms with Crippen LogP contribution in [0, 0.1) is 0 Å². The van der Waals surface area contributed by atoms with Gasteiger partial charge in [-0.15, -0.1) is 0 Å². The Balaban J connectivity index is 2.54. The fourth-order valence-corrected chi connectivity index (χ4v) is 1.19. The summed E-state index contributed by atoms with van der Waals surface area (Å²) in [5, 5.41) is 2.50. The van der Waals surface area contributed by atoms with Crippen LogP contribution in [0.2, 0.25) is 0 Å². The van der Waals surface area contributed by atoms with Gasteiger partial charge in [-0.1, -0.05) is 30.2 Å². The summed E-state index contributed by atoms with van der Waals surface area (Å²) >= 11 is 0. The molecule has 1 aromatic carbocycles. The summed E-state index contributed by atoms with van der Waals surface area (Å²) in [7, 11) is 0. The van der Waals surface area contributed by atoms with E-state index in [1.54, 1.807) is 6.07 Å². The van der Waals surface area contributed by atoms with Gasteiger partial charge in [0.15, 0.2) is 0 Å². The first-order valence-electron chi connectivity index (χ1n) is 7.14. The summed E-state index contributed by atoms with van der Waals surface area (Å²) in [5.74, 6) is 0.0664. The number of anilines is 1. The molecule has 3 nitrogen and oxygen atoms in total. The lowest BCUT2D eigenvalue weighted by Gasteiger charge is -2.03. The van der Waals surface area contributed by atoms with Crippen molar-refractivity contribution in [3.8, 4) is 11.1 Å². The molecule has 1 heterocycles. The van der Waals surface area contributed by atoms with Crippen LogP contribution in [0.1, 0.15) is 13.8 Å². The normalized spacial score (nSPS) is 14.2. The van der Waals surface area contributed by atoms with E-state index in [-0.39, 0.29) is 23.6 Å². The molecule has 0 aliphatic carbocycles. The van der Waals surface area contributed by atoms with Gasteiger partial charge in [0.05, 0.1) is 6.85 Å². The number of amides is 1. The Morgan fingerprint density at radius 2 is 2.00 bits per heavy atom. The van der Waals surface area contributed by atoms with E-state index in [0.717, 1.165) is 0 Å². The maximum Gasteiger partial charge on any atom is 0.222 e. The predicted octanol–water partition coefficient (Wildman–Crippen LogP) is 2.71. The number of nitrogens with one attached hydrogen (secondary N) is 1. The molecule has 0 atom stereocenters. The average Bonchev–Trinajstić information content (AvgIpc) is 2.44. The van der Waals surface area contributed by atoms with Crippen molar-refractivity contribution < 1.29 is 11.6 Å². The van der Waals surface area contributed by atoms with Crippen LogP contribution < -0.4 is 5.32 Å². The molecule has 0 unspecified atom stereocenters. The van der Waals surface area contributed by atoms with Crippen molar-refractivity contribution in [2.24, 2.45) is 0 Å². The third-order valence-corrected chi connectivity index (χ3v) is 1.86. The first kappa shape index (κ1) is 5.80. The number of carbonyl (C=O) groups is 1.